The molecule has 0 N–H and O–H groups in total. The molecule has 1 heterocycles. The molecule has 0 spiro atoms. The maximum absolute atomic E-state index is 12.3. The van der Waals surface area contributed by atoms with Crippen molar-refractivity contribution in [3.63, 3.8) is 0 Å². The predicted octanol–water partition coefficient (Wildman–Crippen LogP) is 2.86. The van der Waals surface area contributed by atoms with Crippen molar-refractivity contribution in [1.29, 1.82) is 0 Å². The summed E-state index contributed by atoms with van der Waals surface area (Å²) in [6.07, 6.45) is 0.852. The summed E-state index contributed by atoms with van der Waals surface area (Å²) < 4.78 is 33.2. The molecule has 0 bridgehead atoms. The third kappa shape index (κ3) is 3.72. The van der Waals surface area contributed by atoms with E-state index >= 15 is 0 Å². The van der Waals surface area contributed by atoms with E-state index in [4.69, 9.17) is 4.74 Å². The highest BCUT2D eigenvalue weighted by Gasteiger charge is 2.30. The molecule has 2 aromatic carbocycles. The number of nitrogens with zero attached hydrogens (tertiary/aromatic N) is 2. The van der Waals surface area contributed by atoms with Crippen LogP contribution in [0.2, 0.25) is 0 Å². The lowest BCUT2D eigenvalue weighted by Gasteiger charge is -2.32. The van der Waals surface area contributed by atoms with Crippen molar-refractivity contribution in [2.24, 2.45) is 0 Å². The average molecular weight is 332 g/mol. The summed E-state index contributed by atoms with van der Waals surface area (Å²) in [6.45, 7) is 1.54. The van der Waals surface area contributed by atoms with Crippen LogP contribution >= 0.6 is 0 Å². The highest BCUT2D eigenvalue weighted by atomic mass is 32.2. The monoisotopic (exact) mass is 332 g/mol. The molecule has 1 aliphatic rings. The van der Waals surface area contributed by atoms with Gasteiger partial charge >= 0.3 is 0 Å². The van der Waals surface area contributed by atoms with E-state index in [1.54, 1.807) is 7.05 Å². The first-order valence-electron chi connectivity index (χ1n) is 7.59. The molecule has 1 fully saturated rings. The lowest BCUT2D eigenvalue weighted by Crippen LogP contribution is -2.47. The average Bonchev–Trinajstić information content (AvgIpc) is 2.55. The molecule has 0 unspecified atom stereocenters. The maximum atomic E-state index is 12.3. The van der Waals surface area contributed by atoms with Crippen molar-refractivity contribution >= 4 is 10.2 Å². The molecular weight excluding hydrogens is 312 g/mol. The van der Waals surface area contributed by atoms with Gasteiger partial charge in [-0.3, -0.25) is 0 Å². The third-order valence-electron chi connectivity index (χ3n) is 3.86. The zero-order valence-electron chi connectivity index (χ0n) is 13.1. The van der Waals surface area contributed by atoms with Gasteiger partial charge in [0.25, 0.3) is 10.2 Å². The first kappa shape index (κ1) is 16.0. The van der Waals surface area contributed by atoms with Crippen LogP contribution in [0.15, 0.2) is 54.6 Å². The second-order valence-corrected chi connectivity index (χ2v) is 7.61. The van der Waals surface area contributed by atoms with Crippen molar-refractivity contribution in [2.45, 2.75) is 13.0 Å². The minimum atomic E-state index is -3.32. The molecule has 3 rings (SSSR count). The summed E-state index contributed by atoms with van der Waals surface area (Å²) in [6, 6.07) is 17.1. The van der Waals surface area contributed by atoms with Gasteiger partial charge in [-0.2, -0.15) is 17.0 Å². The number of benzene rings is 2. The van der Waals surface area contributed by atoms with Gasteiger partial charge in [0, 0.05) is 26.7 Å². The van der Waals surface area contributed by atoms with Crippen molar-refractivity contribution in [3.8, 4) is 11.5 Å². The Hall–Kier alpha value is -1.89. The van der Waals surface area contributed by atoms with Crippen LogP contribution < -0.4 is 4.74 Å². The lowest BCUT2D eigenvalue weighted by atomic mass is 10.2. The summed E-state index contributed by atoms with van der Waals surface area (Å²) in [5, 5.41) is 0. The van der Waals surface area contributed by atoms with E-state index in [-0.39, 0.29) is 0 Å². The first-order valence-corrected chi connectivity index (χ1v) is 8.99. The Bertz CT molecular complexity index is 745. The summed E-state index contributed by atoms with van der Waals surface area (Å²) in [4.78, 5) is 0. The molecule has 1 saturated heterocycles. The van der Waals surface area contributed by atoms with E-state index in [1.165, 1.54) is 8.61 Å². The standard InChI is InChI=1S/C17H20N2O3S/c1-18-12-5-13-19(23(18,20)21)14-15-8-10-17(11-9-15)22-16-6-3-2-4-7-16/h2-4,6-11H,5,12-14H2,1H3. The molecule has 23 heavy (non-hydrogen) atoms. The van der Waals surface area contributed by atoms with E-state index < -0.39 is 10.2 Å². The predicted molar refractivity (Wildman–Crippen MR) is 89.5 cm³/mol. The van der Waals surface area contributed by atoms with Gasteiger partial charge < -0.3 is 4.74 Å². The second-order valence-electron chi connectivity index (χ2n) is 5.58. The van der Waals surface area contributed by atoms with Crippen molar-refractivity contribution in [2.75, 3.05) is 20.1 Å². The van der Waals surface area contributed by atoms with Crippen LogP contribution in [0.1, 0.15) is 12.0 Å². The SMILES string of the molecule is CN1CCCN(Cc2ccc(Oc3ccccc3)cc2)S1(=O)=O. The van der Waals surface area contributed by atoms with Crippen LogP contribution in [-0.2, 0) is 16.8 Å². The zero-order chi connectivity index (χ0) is 16.3. The Kier molecular flexibility index (Phi) is 4.66. The quantitative estimate of drug-likeness (QED) is 0.865. The Morgan fingerprint density at radius 1 is 0.957 bits per heavy atom. The number of para-hydroxylation sites is 1. The number of rotatable bonds is 4. The molecule has 0 radical (unpaired) electrons. The van der Waals surface area contributed by atoms with Gasteiger partial charge in [-0.15, -0.1) is 0 Å². The number of ether oxygens (including phenoxy) is 1. The Morgan fingerprint density at radius 2 is 1.61 bits per heavy atom. The van der Waals surface area contributed by atoms with Crippen LogP contribution in [0.4, 0.5) is 0 Å². The maximum Gasteiger partial charge on any atom is 0.282 e. The van der Waals surface area contributed by atoms with Crippen LogP contribution in [-0.4, -0.2) is 37.2 Å². The summed E-state index contributed by atoms with van der Waals surface area (Å²) in [5.74, 6) is 1.51. The molecule has 0 saturated carbocycles. The van der Waals surface area contributed by atoms with Gasteiger partial charge in [0.05, 0.1) is 0 Å². The Balaban J connectivity index is 1.68. The highest BCUT2D eigenvalue weighted by Crippen LogP contribution is 2.23. The number of hydrogen-bond acceptors (Lipinski definition) is 3. The zero-order valence-corrected chi connectivity index (χ0v) is 13.9. The molecule has 0 amide bonds. The summed E-state index contributed by atoms with van der Waals surface area (Å²) in [5.41, 5.74) is 0.948. The molecule has 0 aliphatic carbocycles. The molecule has 2 aromatic rings. The largest absolute Gasteiger partial charge is 0.457 e. The van der Waals surface area contributed by atoms with Gasteiger partial charge in [0.2, 0.25) is 0 Å². The summed E-state index contributed by atoms with van der Waals surface area (Å²) in [7, 11) is -1.70. The Morgan fingerprint density at radius 3 is 2.30 bits per heavy atom. The van der Waals surface area contributed by atoms with Crippen LogP contribution in [0.25, 0.3) is 0 Å². The fourth-order valence-corrected chi connectivity index (χ4v) is 3.98. The van der Waals surface area contributed by atoms with Gasteiger partial charge in [-0.25, -0.2) is 0 Å². The fourth-order valence-electron chi connectivity index (χ4n) is 2.55. The van der Waals surface area contributed by atoms with E-state index in [1.807, 2.05) is 54.6 Å². The fraction of sp³-hybridized carbons (Fsp3) is 0.294. The van der Waals surface area contributed by atoms with Crippen molar-refractivity contribution in [1.82, 2.24) is 8.61 Å². The smallest absolute Gasteiger partial charge is 0.282 e. The molecule has 0 atom stereocenters. The molecular formula is C17H20N2O3S. The van der Waals surface area contributed by atoms with E-state index in [0.29, 0.717) is 19.6 Å². The van der Waals surface area contributed by atoms with E-state index in [0.717, 1.165) is 23.5 Å². The molecule has 122 valence electrons. The van der Waals surface area contributed by atoms with Gasteiger partial charge in [-0.05, 0) is 36.2 Å². The van der Waals surface area contributed by atoms with Crippen LogP contribution in [0.5, 0.6) is 11.5 Å². The van der Waals surface area contributed by atoms with Crippen LogP contribution in [0, 0.1) is 0 Å². The number of hydrogen-bond donors (Lipinski definition) is 0. The molecule has 6 heteroatoms. The second kappa shape index (κ2) is 6.70. The normalized spacial score (nSPS) is 18.7. The van der Waals surface area contributed by atoms with Gasteiger partial charge in [0.1, 0.15) is 11.5 Å². The minimum Gasteiger partial charge on any atom is -0.457 e. The van der Waals surface area contributed by atoms with Gasteiger partial charge in [0.15, 0.2) is 0 Å². The molecule has 1 aliphatic heterocycles. The third-order valence-corrected chi connectivity index (χ3v) is 5.80. The molecule has 0 aromatic heterocycles. The van der Waals surface area contributed by atoms with Crippen molar-refractivity contribution < 1.29 is 13.2 Å². The van der Waals surface area contributed by atoms with E-state index in [2.05, 4.69) is 0 Å². The Labute approximate surface area is 137 Å². The highest BCUT2D eigenvalue weighted by molar-refractivity contribution is 7.86. The minimum absolute atomic E-state index is 0.387. The van der Waals surface area contributed by atoms with Gasteiger partial charge in [-0.1, -0.05) is 30.3 Å². The summed E-state index contributed by atoms with van der Waals surface area (Å²) >= 11 is 0. The van der Waals surface area contributed by atoms with Crippen molar-refractivity contribution in [3.05, 3.63) is 60.2 Å². The first-order chi connectivity index (χ1) is 11.1. The molecule has 5 nitrogen and oxygen atoms in total. The van der Waals surface area contributed by atoms with Crippen LogP contribution in [0.3, 0.4) is 0 Å². The topological polar surface area (TPSA) is 49.9 Å². The lowest BCUT2D eigenvalue weighted by molar-refractivity contribution is 0.303. The van der Waals surface area contributed by atoms with E-state index in [9.17, 15) is 8.42 Å².